The highest BCUT2D eigenvalue weighted by atomic mass is 79.9. The Bertz CT molecular complexity index is 1320. The molecule has 0 radical (unpaired) electrons. The van der Waals surface area contributed by atoms with Gasteiger partial charge in [-0.15, -0.1) is 0 Å². The van der Waals surface area contributed by atoms with E-state index in [1.165, 1.54) is 0 Å². The van der Waals surface area contributed by atoms with Crippen molar-refractivity contribution in [3.05, 3.63) is 130 Å². The van der Waals surface area contributed by atoms with Gasteiger partial charge in [0.1, 0.15) is 5.92 Å². The van der Waals surface area contributed by atoms with Crippen molar-refractivity contribution < 1.29 is 14.4 Å². The Labute approximate surface area is 200 Å². The summed E-state index contributed by atoms with van der Waals surface area (Å²) in [5, 5.41) is 0. The molecule has 0 amide bonds. The minimum Gasteiger partial charge on any atom is -0.297 e. The van der Waals surface area contributed by atoms with Crippen molar-refractivity contribution in [1.82, 2.24) is 0 Å². The maximum atomic E-state index is 13.8. The number of benzene rings is 4. The van der Waals surface area contributed by atoms with Gasteiger partial charge in [0.05, 0.1) is 5.92 Å². The van der Waals surface area contributed by atoms with Gasteiger partial charge in [0, 0.05) is 15.6 Å². The molecule has 33 heavy (non-hydrogen) atoms. The largest absolute Gasteiger partial charge is 0.297 e. The van der Waals surface area contributed by atoms with E-state index in [-0.39, 0.29) is 5.78 Å². The van der Waals surface area contributed by atoms with Gasteiger partial charge in [0.2, 0.25) is 0 Å². The Hall–Kier alpha value is -3.63. The van der Waals surface area contributed by atoms with Gasteiger partial charge in [-0.3, -0.25) is 14.4 Å². The highest BCUT2D eigenvalue weighted by Crippen LogP contribution is 2.35. The number of fused-ring (bicyclic) bond motifs is 1. The summed E-state index contributed by atoms with van der Waals surface area (Å²) >= 11 is 3.45. The van der Waals surface area contributed by atoms with E-state index in [1.807, 2.05) is 78.9 Å². The van der Waals surface area contributed by atoms with Crippen LogP contribution in [0.3, 0.4) is 0 Å². The number of rotatable bonds is 5. The summed E-state index contributed by atoms with van der Waals surface area (Å²) in [5.41, 5.74) is 4.26. The first-order valence-electron chi connectivity index (χ1n) is 10.7. The van der Waals surface area contributed by atoms with Crippen LogP contribution in [0.4, 0.5) is 0 Å². The van der Waals surface area contributed by atoms with Crippen LogP contribution in [-0.2, 0) is 4.79 Å². The number of ketones is 3. The standard InChI is InChI=1S/C29H19BrO3/c30-22-16-14-19(15-17-22)18-10-12-21(13-11-18)25(20-6-2-1-3-7-20)29(33)26-27(31)23-8-4-5-9-24(23)28(26)32/h1-17,25-26H. The third kappa shape index (κ3) is 3.87. The molecule has 1 aliphatic carbocycles. The first kappa shape index (κ1) is 21.2. The summed E-state index contributed by atoms with van der Waals surface area (Å²) < 4.78 is 1.00. The topological polar surface area (TPSA) is 51.2 Å². The maximum absolute atomic E-state index is 13.8. The third-order valence-corrected chi connectivity index (χ3v) is 6.63. The number of Topliss-reactive ketones (excluding diaryl/α,β-unsaturated/α-hetero) is 3. The molecule has 0 saturated heterocycles. The Morgan fingerprint density at radius 2 is 1.06 bits per heavy atom. The lowest BCUT2D eigenvalue weighted by molar-refractivity contribution is -0.120. The highest BCUT2D eigenvalue weighted by molar-refractivity contribution is 9.10. The Morgan fingerprint density at radius 3 is 1.61 bits per heavy atom. The zero-order valence-corrected chi connectivity index (χ0v) is 19.2. The second-order valence-electron chi connectivity index (χ2n) is 8.08. The molecule has 4 heteroatoms. The normalized spacial score (nSPS) is 14.2. The summed E-state index contributed by atoms with van der Waals surface area (Å²) in [6.45, 7) is 0. The molecular weight excluding hydrogens is 476 g/mol. The number of hydrogen-bond donors (Lipinski definition) is 0. The van der Waals surface area contributed by atoms with Gasteiger partial charge in [-0.1, -0.05) is 107 Å². The molecule has 0 saturated carbocycles. The highest BCUT2D eigenvalue weighted by Gasteiger charge is 2.45. The van der Waals surface area contributed by atoms with E-state index in [4.69, 9.17) is 0 Å². The van der Waals surface area contributed by atoms with Gasteiger partial charge in [0.25, 0.3) is 0 Å². The van der Waals surface area contributed by atoms with E-state index in [2.05, 4.69) is 15.9 Å². The SMILES string of the molecule is O=C1c2ccccc2C(=O)C1C(=O)C(c1ccccc1)c1ccc(-c2ccc(Br)cc2)cc1. The lowest BCUT2D eigenvalue weighted by Gasteiger charge is -2.20. The molecule has 1 aliphatic rings. The number of halogens is 1. The summed E-state index contributed by atoms with van der Waals surface area (Å²) in [6, 6.07) is 31.7. The molecule has 4 aromatic rings. The van der Waals surface area contributed by atoms with Crippen molar-refractivity contribution >= 4 is 33.3 Å². The van der Waals surface area contributed by atoms with E-state index < -0.39 is 23.4 Å². The molecule has 3 nitrogen and oxygen atoms in total. The van der Waals surface area contributed by atoms with Crippen LogP contribution in [0.5, 0.6) is 0 Å². The molecule has 4 aromatic carbocycles. The molecule has 1 atom stereocenters. The quantitative estimate of drug-likeness (QED) is 0.297. The third-order valence-electron chi connectivity index (χ3n) is 6.11. The predicted molar refractivity (Wildman–Crippen MR) is 131 cm³/mol. The zero-order valence-electron chi connectivity index (χ0n) is 17.6. The van der Waals surface area contributed by atoms with Crippen molar-refractivity contribution in [2.75, 3.05) is 0 Å². The number of carbonyl (C=O) groups excluding carboxylic acids is 3. The monoisotopic (exact) mass is 494 g/mol. The van der Waals surface area contributed by atoms with Gasteiger partial charge < -0.3 is 0 Å². The zero-order chi connectivity index (χ0) is 22.9. The van der Waals surface area contributed by atoms with Crippen LogP contribution in [0.1, 0.15) is 37.8 Å². The fraction of sp³-hybridized carbons (Fsp3) is 0.0690. The molecular formula is C29H19BrO3. The smallest absolute Gasteiger partial charge is 0.181 e. The predicted octanol–water partition coefficient (Wildman–Crippen LogP) is 6.51. The second-order valence-corrected chi connectivity index (χ2v) is 9.00. The van der Waals surface area contributed by atoms with Gasteiger partial charge in [-0.2, -0.15) is 0 Å². The van der Waals surface area contributed by atoms with E-state index >= 15 is 0 Å². The molecule has 0 aromatic heterocycles. The molecule has 0 heterocycles. The minimum absolute atomic E-state index is 0.332. The first-order chi connectivity index (χ1) is 16.0. The molecule has 1 unspecified atom stereocenters. The number of hydrogen-bond acceptors (Lipinski definition) is 3. The Morgan fingerprint density at radius 1 is 0.606 bits per heavy atom. The molecule has 0 N–H and O–H groups in total. The van der Waals surface area contributed by atoms with Gasteiger partial charge in [0.15, 0.2) is 17.3 Å². The molecule has 160 valence electrons. The van der Waals surface area contributed by atoms with Crippen LogP contribution < -0.4 is 0 Å². The average molecular weight is 495 g/mol. The first-order valence-corrected chi connectivity index (χ1v) is 11.5. The summed E-state index contributed by atoms with van der Waals surface area (Å²) in [6.07, 6.45) is 0. The van der Waals surface area contributed by atoms with Crippen LogP contribution >= 0.6 is 15.9 Å². The lowest BCUT2D eigenvalue weighted by atomic mass is 9.80. The fourth-order valence-corrected chi connectivity index (χ4v) is 4.71. The molecule has 5 rings (SSSR count). The van der Waals surface area contributed by atoms with Crippen molar-refractivity contribution in [3.63, 3.8) is 0 Å². The average Bonchev–Trinajstić information content (AvgIpc) is 3.11. The molecule has 0 bridgehead atoms. The van der Waals surface area contributed by atoms with Crippen molar-refractivity contribution in [2.24, 2.45) is 5.92 Å². The van der Waals surface area contributed by atoms with Gasteiger partial charge >= 0.3 is 0 Å². The summed E-state index contributed by atoms with van der Waals surface area (Å²) in [7, 11) is 0. The van der Waals surface area contributed by atoms with Crippen molar-refractivity contribution in [2.45, 2.75) is 5.92 Å². The van der Waals surface area contributed by atoms with Crippen molar-refractivity contribution in [1.29, 1.82) is 0 Å². The van der Waals surface area contributed by atoms with E-state index in [1.54, 1.807) is 24.3 Å². The lowest BCUT2D eigenvalue weighted by Crippen LogP contribution is -2.31. The minimum atomic E-state index is -1.31. The van der Waals surface area contributed by atoms with Crippen LogP contribution in [0.2, 0.25) is 0 Å². The fourth-order valence-electron chi connectivity index (χ4n) is 4.44. The summed E-state index contributed by atoms with van der Waals surface area (Å²) in [4.78, 5) is 39.9. The van der Waals surface area contributed by atoms with E-state index in [0.717, 1.165) is 26.7 Å². The van der Waals surface area contributed by atoms with Gasteiger partial charge in [-0.25, -0.2) is 0 Å². The van der Waals surface area contributed by atoms with Crippen molar-refractivity contribution in [3.8, 4) is 11.1 Å². The number of carbonyl (C=O) groups is 3. The van der Waals surface area contributed by atoms with Gasteiger partial charge in [-0.05, 0) is 34.4 Å². The molecule has 0 spiro atoms. The van der Waals surface area contributed by atoms with E-state index in [0.29, 0.717) is 11.1 Å². The second kappa shape index (κ2) is 8.72. The Kier molecular flexibility index (Phi) is 5.61. The summed E-state index contributed by atoms with van der Waals surface area (Å²) in [5.74, 6) is -3.22. The van der Waals surface area contributed by atoms with Crippen LogP contribution in [-0.4, -0.2) is 17.3 Å². The Balaban J connectivity index is 1.54. The molecule has 0 fully saturated rings. The van der Waals surface area contributed by atoms with Crippen LogP contribution in [0.25, 0.3) is 11.1 Å². The molecule has 0 aliphatic heterocycles. The van der Waals surface area contributed by atoms with Crippen LogP contribution in [0.15, 0.2) is 108 Å². The maximum Gasteiger partial charge on any atom is 0.181 e. The van der Waals surface area contributed by atoms with Crippen LogP contribution in [0, 0.1) is 5.92 Å². The van der Waals surface area contributed by atoms with E-state index in [9.17, 15) is 14.4 Å².